The SMILES string of the molecule is CC(C)(C)OC(=O)N1CCN(c2cc(=O)c3cccc(Cl)c3o2)CC1. The molecular formula is C18H21ClN2O4. The minimum Gasteiger partial charge on any atom is -0.444 e. The first kappa shape index (κ1) is 17.6. The van der Waals surface area contributed by atoms with Crippen LogP contribution in [0.3, 0.4) is 0 Å². The van der Waals surface area contributed by atoms with E-state index in [9.17, 15) is 9.59 Å². The van der Waals surface area contributed by atoms with Crippen molar-refractivity contribution in [2.75, 3.05) is 31.1 Å². The molecular weight excluding hydrogens is 344 g/mol. The summed E-state index contributed by atoms with van der Waals surface area (Å²) in [5.41, 5.74) is -0.259. The van der Waals surface area contributed by atoms with Crippen molar-refractivity contribution in [3.8, 4) is 0 Å². The molecule has 6 nitrogen and oxygen atoms in total. The predicted molar refractivity (Wildman–Crippen MR) is 97.5 cm³/mol. The van der Waals surface area contributed by atoms with Crippen molar-refractivity contribution < 1.29 is 13.9 Å². The summed E-state index contributed by atoms with van der Waals surface area (Å²) in [5, 5.41) is 0.868. The number of carbonyl (C=O) groups excluding carboxylic acids is 1. The molecule has 2 aromatic rings. The van der Waals surface area contributed by atoms with Gasteiger partial charge in [0.1, 0.15) is 5.60 Å². The third-order valence-electron chi connectivity index (χ3n) is 3.94. The van der Waals surface area contributed by atoms with Gasteiger partial charge < -0.3 is 19.0 Å². The van der Waals surface area contributed by atoms with E-state index in [1.165, 1.54) is 6.07 Å². The van der Waals surface area contributed by atoms with Crippen LogP contribution in [0.5, 0.6) is 0 Å². The van der Waals surface area contributed by atoms with Crippen molar-refractivity contribution >= 4 is 34.5 Å². The summed E-state index contributed by atoms with van der Waals surface area (Å²) < 4.78 is 11.2. The number of carbonyl (C=O) groups is 1. The molecule has 134 valence electrons. The maximum absolute atomic E-state index is 12.3. The van der Waals surface area contributed by atoms with Crippen LogP contribution >= 0.6 is 11.6 Å². The molecule has 0 bridgehead atoms. The second kappa shape index (κ2) is 6.59. The molecule has 1 saturated heterocycles. The number of halogens is 1. The second-order valence-corrected chi connectivity index (χ2v) is 7.43. The number of piperazine rings is 1. The van der Waals surface area contributed by atoms with Crippen LogP contribution in [-0.2, 0) is 4.74 Å². The van der Waals surface area contributed by atoms with Gasteiger partial charge in [-0.2, -0.15) is 0 Å². The Balaban J connectivity index is 1.75. The number of amides is 1. The largest absolute Gasteiger partial charge is 0.444 e. The van der Waals surface area contributed by atoms with Crippen LogP contribution in [0.4, 0.5) is 10.7 Å². The van der Waals surface area contributed by atoms with Crippen LogP contribution in [0.2, 0.25) is 5.02 Å². The number of anilines is 1. The zero-order valence-electron chi connectivity index (χ0n) is 14.5. The molecule has 1 aromatic carbocycles. The Morgan fingerprint density at radius 1 is 1.20 bits per heavy atom. The Bertz CT molecular complexity index is 848. The van der Waals surface area contributed by atoms with Crippen LogP contribution in [0, 0.1) is 0 Å². The maximum atomic E-state index is 12.3. The maximum Gasteiger partial charge on any atom is 0.410 e. The monoisotopic (exact) mass is 364 g/mol. The number of ether oxygens (including phenoxy) is 1. The molecule has 1 aromatic heterocycles. The Morgan fingerprint density at radius 2 is 1.88 bits per heavy atom. The van der Waals surface area contributed by atoms with Crippen molar-refractivity contribution in [1.82, 2.24) is 4.90 Å². The lowest BCUT2D eigenvalue weighted by molar-refractivity contribution is 0.0239. The Kier molecular flexibility index (Phi) is 4.64. The normalized spacial score (nSPS) is 15.5. The molecule has 1 fully saturated rings. The fourth-order valence-electron chi connectivity index (χ4n) is 2.72. The van der Waals surface area contributed by atoms with E-state index in [2.05, 4.69) is 0 Å². The molecule has 0 unspecified atom stereocenters. The van der Waals surface area contributed by atoms with Crippen molar-refractivity contribution in [3.05, 3.63) is 39.5 Å². The lowest BCUT2D eigenvalue weighted by atomic mass is 10.2. The summed E-state index contributed by atoms with van der Waals surface area (Å²) in [6.07, 6.45) is -0.324. The van der Waals surface area contributed by atoms with Crippen molar-refractivity contribution in [3.63, 3.8) is 0 Å². The second-order valence-electron chi connectivity index (χ2n) is 7.02. The zero-order valence-corrected chi connectivity index (χ0v) is 15.3. The number of rotatable bonds is 1. The number of para-hydroxylation sites is 1. The summed E-state index contributed by atoms with van der Waals surface area (Å²) in [4.78, 5) is 28.0. The highest BCUT2D eigenvalue weighted by Crippen LogP contribution is 2.26. The standard InChI is InChI=1S/C18H21ClN2O4/c1-18(2,3)25-17(23)21-9-7-20(8-10-21)15-11-14(22)12-5-4-6-13(19)16(12)24-15/h4-6,11H,7-10H2,1-3H3. The topological polar surface area (TPSA) is 63.0 Å². The van der Waals surface area contributed by atoms with E-state index in [1.807, 2.05) is 25.7 Å². The van der Waals surface area contributed by atoms with Crippen LogP contribution in [0.15, 0.2) is 33.5 Å². The first-order chi connectivity index (χ1) is 11.7. The molecule has 0 radical (unpaired) electrons. The fraction of sp³-hybridized carbons (Fsp3) is 0.444. The number of nitrogens with zero attached hydrogens (tertiary/aromatic N) is 2. The van der Waals surface area contributed by atoms with Crippen LogP contribution in [0.1, 0.15) is 20.8 Å². The molecule has 0 aliphatic carbocycles. The van der Waals surface area contributed by atoms with Crippen LogP contribution < -0.4 is 10.3 Å². The van der Waals surface area contributed by atoms with E-state index >= 15 is 0 Å². The van der Waals surface area contributed by atoms with Crippen molar-refractivity contribution in [2.24, 2.45) is 0 Å². The average molecular weight is 365 g/mol. The molecule has 2 heterocycles. The van der Waals surface area contributed by atoms with Crippen molar-refractivity contribution in [2.45, 2.75) is 26.4 Å². The zero-order chi connectivity index (χ0) is 18.2. The van der Waals surface area contributed by atoms with Gasteiger partial charge in [-0.1, -0.05) is 17.7 Å². The quantitative estimate of drug-likeness (QED) is 0.774. The predicted octanol–water partition coefficient (Wildman–Crippen LogP) is 3.50. The molecule has 0 spiro atoms. The lowest BCUT2D eigenvalue weighted by Crippen LogP contribution is -2.50. The average Bonchev–Trinajstić information content (AvgIpc) is 2.54. The van der Waals surface area contributed by atoms with Crippen molar-refractivity contribution in [1.29, 1.82) is 0 Å². The molecule has 1 aliphatic rings. The van der Waals surface area contributed by atoms with E-state index in [0.29, 0.717) is 48.1 Å². The molecule has 1 aliphatic heterocycles. The van der Waals surface area contributed by atoms with Gasteiger partial charge in [-0.3, -0.25) is 4.79 Å². The van der Waals surface area contributed by atoms with E-state index in [0.717, 1.165) is 0 Å². The smallest absolute Gasteiger partial charge is 0.410 e. The lowest BCUT2D eigenvalue weighted by Gasteiger charge is -2.35. The van der Waals surface area contributed by atoms with E-state index in [1.54, 1.807) is 23.1 Å². The summed E-state index contributed by atoms with van der Waals surface area (Å²) >= 11 is 6.15. The number of fused-ring (bicyclic) bond motifs is 1. The Hall–Kier alpha value is -2.21. The molecule has 25 heavy (non-hydrogen) atoms. The molecule has 7 heteroatoms. The fourth-order valence-corrected chi connectivity index (χ4v) is 2.94. The third-order valence-corrected chi connectivity index (χ3v) is 4.23. The molecule has 1 amide bonds. The van der Waals surface area contributed by atoms with E-state index in [4.69, 9.17) is 20.8 Å². The van der Waals surface area contributed by atoms with Gasteiger partial charge in [0.15, 0.2) is 16.9 Å². The van der Waals surface area contributed by atoms with Gasteiger partial charge in [0.05, 0.1) is 10.4 Å². The van der Waals surface area contributed by atoms with Crippen LogP contribution in [-0.4, -0.2) is 42.8 Å². The summed E-state index contributed by atoms with van der Waals surface area (Å²) in [6, 6.07) is 6.58. The summed E-state index contributed by atoms with van der Waals surface area (Å²) in [6.45, 7) is 7.63. The molecule has 0 N–H and O–H groups in total. The van der Waals surface area contributed by atoms with Gasteiger partial charge in [-0.05, 0) is 32.9 Å². The minimum absolute atomic E-state index is 0.131. The number of hydrogen-bond acceptors (Lipinski definition) is 5. The Labute approximate surface area is 150 Å². The van der Waals surface area contributed by atoms with Gasteiger partial charge in [-0.15, -0.1) is 0 Å². The molecule has 0 atom stereocenters. The summed E-state index contributed by atoms with van der Waals surface area (Å²) in [7, 11) is 0. The first-order valence-corrected chi connectivity index (χ1v) is 8.58. The van der Waals surface area contributed by atoms with E-state index < -0.39 is 5.60 Å². The van der Waals surface area contributed by atoms with Gasteiger partial charge in [0.25, 0.3) is 0 Å². The number of benzene rings is 1. The van der Waals surface area contributed by atoms with Gasteiger partial charge in [0, 0.05) is 32.2 Å². The number of hydrogen-bond donors (Lipinski definition) is 0. The minimum atomic E-state index is -0.518. The third kappa shape index (κ3) is 3.90. The van der Waals surface area contributed by atoms with Gasteiger partial charge >= 0.3 is 6.09 Å². The highest BCUT2D eigenvalue weighted by molar-refractivity contribution is 6.34. The highest BCUT2D eigenvalue weighted by Gasteiger charge is 2.27. The summed E-state index contributed by atoms with van der Waals surface area (Å²) in [5.74, 6) is 0.467. The van der Waals surface area contributed by atoms with Gasteiger partial charge in [0.2, 0.25) is 0 Å². The Morgan fingerprint density at radius 3 is 2.52 bits per heavy atom. The van der Waals surface area contributed by atoms with Gasteiger partial charge in [-0.25, -0.2) is 4.79 Å². The first-order valence-electron chi connectivity index (χ1n) is 8.20. The highest BCUT2D eigenvalue weighted by atomic mass is 35.5. The molecule has 0 saturated carbocycles. The van der Waals surface area contributed by atoms with Crippen LogP contribution in [0.25, 0.3) is 11.0 Å². The van der Waals surface area contributed by atoms with E-state index in [-0.39, 0.29) is 11.5 Å². The molecule has 3 rings (SSSR count).